The number of hydrogen-bond donors (Lipinski definition) is 0. The third-order valence-corrected chi connectivity index (χ3v) is 13.2. The summed E-state index contributed by atoms with van der Waals surface area (Å²) in [6.45, 7) is 0. The molecule has 0 radical (unpaired) electrons. The first-order chi connectivity index (χ1) is 30.7. The van der Waals surface area contributed by atoms with Crippen LogP contribution in [0.1, 0.15) is 22.3 Å². The van der Waals surface area contributed by atoms with Crippen LogP contribution in [0.4, 0.5) is 0 Å². The highest BCUT2D eigenvalue weighted by atomic mass is 16.3. The molecule has 62 heavy (non-hydrogen) atoms. The Labute approximate surface area is 359 Å². The Kier molecular flexibility index (Phi) is 7.52. The molecule has 3 heteroatoms. The number of nitrogens with zero attached hydrogens (tertiary/aromatic N) is 2. The maximum atomic E-state index is 6.40. The van der Waals surface area contributed by atoms with Gasteiger partial charge >= 0.3 is 0 Å². The van der Waals surface area contributed by atoms with Crippen LogP contribution in [0.2, 0.25) is 0 Å². The molecule has 0 saturated carbocycles. The lowest BCUT2D eigenvalue weighted by atomic mass is 9.65. The minimum Gasteiger partial charge on any atom is -0.456 e. The fraction of sp³-hybridized carbons (Fsp3) is 0.0169. The molecule has 0 unspecified atom stereocenters. The van der Waals surface area contributed by atoms with Crippen molar-refractivity contribution in [3.05, 3.63) is 241 Å². The van der Waals surface area contributed by atoms with Gasteiger partial charge < -0.3 is 4.42 Å². The van der Waals surface area contributed by atoms with E-state index in [4.69, 9.17) is 14.4 Å². The van der Waals surface area contributed by atoms with Crippen molar-refractivity contribution in [2.45, 2.75) is 5.41 Å². The molecule has 11 aromatic rings. The van der Waals surface area contributed by atoms with E-state index in [1.807, 2.05) is 12.1 Å². The van der Waals surface area contributed by atoms with Crippen molar-refractivity contribution in [2.75, 3.05) is 0 Å². The first kappa shape index (κ1) is 34.7. The first-order valence-electron chi connectivity index (χ1n) is 21.2. The van der Waals surface area contributed by atoms with Crippen LogP contribution in [-0.2, 0) is 5.41 Å². The summed E-state index contributed by atoms with van der Waals surface area (Å²) >= 11 is 0. The fourth-order valence-electron chi connectivity index (χ4n) is 10.5. The largest absolute Gasteiger partial charge is 0.456 e. The average molecular weight is 789 g/mol. The van der Waals surface area contributed by atoms with Gasteiger partial charge in [-0.3, -0.25) is 0 Å². The molecule has 3 nitrogen and oxygen atoms in total. The molecule has 9 aromatic carbocycles. The van der Waals surface area contributed by atoms with Crippen molar-refractivity contribution in [1.82, 2.24) is 9.97 Å². The van der Waals surface area contributed by atoms with Gasteiger partial charge in [-0.15, -0.1) is 0 Å². The Hall–Kier alpha value is -8.14. The van der Waals surface area contributed by atoms with Gasteiger partial charge in [-0.2, -0.15) is 0 Å². The monoisotopic (exact) mass is 788 g/mol. The summed E-state index contributed by atoms with van der Waals surface area (Å²) in [5.74, 6) is 0.641. The lowest BCUT2D eigenvalue weighted by Crippen LogP contribution is -2.29. The highest BCUT2D eigenvalue weighted by Crippen LogP contribution is 2.61. The Bertz CT molecular complexity index is 3530. The SMILES string of the molecule is c1ccc(-c2ccccc2-c2cc(-c3ccc4c(c3)C3(c5ccccc5-c5ccccc5-c5ccccc53)c3ccccc3-4)nc(-c3ccc4c(c3)oc3ccccc34)n2)cc1. The molecule has 0 bridgehead atoms. The molecule has 0 amide bonds. The van der Waals surface area contributed by atoms with Crippen LogP contribution in [0.25, 0.3) is 100 Å². The molecule has 1 spiro atoms. The second kappa shape index (κ2) is 13.4. The predicted molar refractivity (Wildman–Crippen MR) is 253 cm³/mol. The molecule has 2 aromatic heterocycles. The van der Waals surface area contributed by atoms with E-state index in [1.165, 1.54) is 55.6 Å². The summed E-state index contributed by atoms with van der Waals surface area (Å²) in [5, 5.41) is 2.17. The van der Waals surface area contributed by atoms with Gasteiger partial charge in [-0.1, -0.05) is 188 Å². The Morgan fingerprint density at radius 2 is 0.790 bits per heavy atom. The van der Waals surface area contributed by atoms with Crippen LogP contribution in [0.3, 0.4) is 0 Å². The zero-order valence-corrected chi connectivity index (χ0v) is 33.6. The van der Waals surface area contributed by atoms with Gasteiger partial charge in [0, 0.05) is 27.5 Å². The third-order valence-electron chi connectivity index (χ3n) is 13.2. The molecule has 288 valence electrons. The number of benzene rings is 9. The molecule has 0 atom stereocenters. The number of aromatic nitrogens is 2. The topological polar surface area (TPSA) is 38.9 Å². The molecule has 2 heterocycles. The van der Waals surface area contributed by atoms with Gasteiger partial charge in [0.25, 0.3) is 0 Å². The molecule has 2 aliphatic rings. The normalized spacial score (nSPS) is 13.0. The summed E-state index contributed by atoms with van der Waals surface area (Å²) in [6.07, 6.45) is 0. The highest BCUT2D eigenvalue weighted by Gasteiger charge is 2.49. The smallest absolute Gasteiger partial charge is 0.160 e. The summed E-state index contributed by atoms with van der Waals surface area (Å²) in [6, 6.07) is 78.8. The molecule has 0 aliphatic heterocycles. The Balaban J connectivity index is 1.08. The van der Waals surface area contributed by atoms with Gasteiger partial charge in [0.2, 0.25) is 0 Å². The fourth-order valence-corrected chi connectivity index (χ4v) is 10.5. The Morgan fingerprint density at radius 3 is 1.48 bits per heavy atom. The van der Waals surface area contributed by atoms with Gasteiger partial charge in [-0.05, 0) is 97.1 Å². The number of para-hydroxylation sites is 1. The van der Waals surface area contributed by atoms with E-state index in [-0.39, 0.29) is 0 Å². The molecule has 0 fully saturated rings. The van der Waals surface area contributed by atoms with Crippen molar-refractivity contribution in [3.8, 4) is 78.4 Å². The van der Waals surface area contributed by atoms with E-state index in [1.54, 1.807) is 0 Å². The van der Waals surface area contributed by atoms with E-state index < -0.39 is 5.41 Å². The lowest BCUT2D eigenvalue weighted by molar-refractivity contribution is 0.669. The third kappa shape index (κ3) is 5.00. The van der Waals surface area contributed by atoms with E-state index >= 15 is 0 Å². The highest BCUT2D eigenvalue weighted by molar-refractivity contribution is 6.06. The number of fused-ring (bicyclic) bond motifs is 15. The summed E-state index contributed by atoms with van der Waals surface area (Å²) in [7, 11) is 0. The maximum absolute atomic E-state index is 6.40. The van der Waals surface area contributed by atoms with Crippen LogP contribution in [-0.4, -0.2) is 9.97 Å². The van der Waals surface area contributed by atoms with Crippen molar-refractivity contribution < 1.29 is 4.42 Å². The molecule has 13 rings (SSSR count). The zero-order valence-electron chi connectivity index (χ0n) is 33.6. The summed E-state index contributed by atoms with van der Waals surface area (Å²) in [4.78, 5) is 10.8. The summed E-state index contributed by atoms with van der Waals surface area (Å²) in [5.41, 5.74) is 20.6. The van der Waals surface area contributed by atoms with Crippen molar-refractivity contribution >= 4 is 21.9 Å². The van der Waals surface area contributed by atoms with Crippen molar-refractivity contribution in [1.29, 1.82) is 0 Å². The van der Waals surface area contributed by atoms with Crippen LogP contribution >= 0.6 is 0 Å². The summed E-state index contributed by atoms with van der Waals surface area (Å²) < 4.78 is 6.40. The Morgan fingerprint density at radius 1 is 0.290 bits per heavy atom. The molecular weight excluding hydrogens is 753 g/mol. The maximum Gasteiger partial charge on any atom is 0.160 e. The van der Waals surface area contributed by atoms with Crippen LogP contribution in [0, 0.1) is 0 Å². The standard InChI is InChI=1S/C59H36N2O/c1-2-16-37(17-3-1)40-18-4-7-24-47(40)55-36-54(60-58(61-55)39-31-33-49-48-25-11-15-29-56(48)62-57(49)35-39)38-30-32-46-45-23-10-14-28-52(45)59(53(46)34-38)50-26-12-8-21-43(50)41-19-5-6-20-42(41)44-22-9-13-27-51(44)59/h1-36H. The van der Waals surface area contributed by atoms with Crippen LogP contribution < -0.4 is 0 Å². The van der Waals surface area contributed by atoms with Gasteiger partial charge in [0.05, 0.1) is 16.8 Å². The van der Waals surface area contributed by atoms with Crippen molar-refractivity contribution in [2.24, 2.45) is 0 Å². The van der Waals surface area contributed by atoms with Gasteiger partial charge in [-0.25, -0.2) is 9.97 Å². The quantitative estimate of drug-likeness (QED) is 0.178. The second-order valence-corrected chi connectivity index (χ2v) is 16.4. The van der Waals surface area contributed by atoms with E-state index in [0.717, 1.165) is 61.1 Å². The molecular formula is C59H36N2O. The molecule has 2 aliphatic carbocycles. The minimum absolute atomic E-state index is 0.598. The number of furan rings is 1. The molecule has 0 saturated heterocycles. The number of rotatable bonds is 4. The first-order valence-corrected chi connectivity index (χ1v) is 21.2. The van der Waals surface area contributed by atoms with E-state index in [9.17, 15) is 0 Å². The lowest BCUT2D eigenvalue weighted by Gasteiger charge is -2.35. The van der Waals surface area contributed by atoms with E-state index in [2.05, 4.69) is 206 Å². The molecule has 0 N–H and O–H groups in total. The predicted octanol–water partition coefficient (Wildman–Crippen LogP) is 15.1. The van der Waals surface area contributed by atoms with Crippen LogP contribution in [0.15, 0.2) is 223 Å². The second-order valence-electron chi connectivity index (χ2n) is 16.4. The van der Waals surface area contributed by atoms with Crippen LogP contribution in [0.5, 0.6) is 0 Å². The minimum atomic E-state index is -0.598. The van der Waals surface area contributed by atoms with Crippen molar-refractivity contribution in [3.63, 3.8) is 0 Å². The number of hydrogen-bond acceptors (Lipinski definition) is 3. The zero-order chi connectivity index (χ0) is 40.8. The van der Waals surface area contributed by atoms with E-state index in [0.29, 0.717) is 5.82 Å². The van der Waals surface area contributed by atoms with Gasteiger partial charge in [0.15, 0.2) is 5.82 Å². The average Bonchev–Trinajstić information content (AvgIpc) is 3.83. The van der Waals surface area contributed by atoms with Gasteiger partial charge in [0.1, 0.15) is 11.2 Å².